The summed E-state index contributed by atoms with van der Waals surface area (Å²) in [6.07, 6.45) is 0. The number of hydrogen-bond acceptors (Lipinski definition) is 1. The molecule has 1 heteroatoms. The van der Waals surface area contributed by atoms with Crippen molar-refractivity contribution in [2.24, 2.45) is 0 Å². The molecule has 0 saturated heterocycles. The van der Waals surface area contributed by atoms with E-state index in [1.807, 2.05) is 60.7 Å². The molecule has 0 bridgehead atoms. The van der Waals surface area contributed by atoms with Crippen LogP contribution in [-0.4, -0.2) is 0 Å². The zero-order chi connectivity index (χ0) is 17.8. The van der Waals surface area contributed by atoms with E-state index in [0.717, 1.165) is 27.6 Å². The lowest BCUT2D eigenvalue weighted by molar-refractivity contribution is 1.51. The van der Waals surface area contributed by atoms with Crippen LogP contribution in [0.3, 0.4) is 0 Å². The Balaban J connectivity index is 2.10. The SMILES string of the molecule is N#C/C(=C(/c1ccccc1)c1cccc2ccccc12)c1ccccc1. The van der Waals surface area contributed by atoms with Crippen LogP contribution < -0.4 is 0 Å². The molecule has 0 heterocycles. The van der Waals surface area contributed by atoms with Gasteiger partial charge in [0.15, 0.2) is 0 Å². The maximum atomic E-state index is 10.0. The van der Waals surface area contributed by atoms with Gasteiger partial charge in [-0.15, -0.1) is 0 Å². The number of allylic oxidation sites excluding steroid dienone is 1. The number of nitriles is 1. The molecule has 0 saturated carbocycles. The highest BCUT2D eigenvalue weighted by atomic mass is 14.3. The third kappa shape index (κ3) is 2.90. The monoisotopic (exact) mass is 331 g/mol. The number of fused-ring (bicyclic) bond motifs is 1. The first-order valence-electron chi connectivity index (χ1n) is 8.62. The Morgan fingerprint density at radius 1 is 0.577 bits per heavy atom. The number of nitrogens with zero attached hydrogens (tertiary/aromatic N) is 1. The minimum atomic E-state index is 0.688. The molecule has 1 nitrogen and oxygen atoms in total. The van der Waals surface area contributed by atoms with Gasteiger partial charge in [-0.3, -0.25) is 0 Å². The van der Waals surface area contributed by atoms with E-state index in [-0.39, 0.29) is 0 Å². The van der Waals surface area contributed by atoms with Gasteiger partial charge in [0.2, 0.25) is 0 Å². The van der Waals surface area contributed by atoms with Crippen molar-refractivity contribution in [1.29, 1.82) is 5.26 Å². The molecule has 0 aliphatic rings. The summed E-state index contributed by atoms with van der Waals surface area (Å²) in [5.41, 5.74) is 4.71. The van der Waals surface area contributed by atoms with Crippen LogP contribution in [0.2, 0.25) is 0 Å². The number of hydrogen-bond donors (Lipinski definition) is 0. The quantitative estimate of drug-likeness (QED) is 0.318. The Hall–Kier alpha value is -3.63. The fourth-order valence-electron chi connectivity index (χ4n) is 3.35. The van der Waals surface area contributed by atoms with Gasteiger partial charge in [-0.25, -0.2) is 0 Å². The average molecular weight is 331 g/mol. The summed E-state index contributed by atoms with van der Waals surface area (Å²) >= 11 is 0. The lowest BCUT2D eigenvalue weighted by atomic mass is 9.87. The highest BCUT2D eigenvalue weighted by Crippen LogP contribution is 2.35. The molecule has 26 heavy (non-hydrogen) atoms. The molecule has 0 aliphatic carbocycles. The summed E-state index contributed by atoms with van der Waals surface area (Å²) in [5, 5.41) is 12.4. The van der Waals surface area contributed by atoms with Gasteiger partial charge in [0.1, 0.15) is 6.07 Å². The number of benzene rings is 4. The van der Waals surface area contributed by atoms with Gasteiger partial charge in [0, 0.05) is 5.57 Å². The van der Waals surface area contributed by atoms with Gasteiger partial charge in [-0.1, -0.05) is 103 Å². The van der Waals surface area contributed by atoms with Gasteiger partial charge >= 0.3 is 0 Å². The zero-order valence-electron chi connectivity index (χ0n) is 14.3. The van der Waals surface area contributed by atoms with Crippen LogP contribution in [0, 0.1) is 11.3 Å². The Labute approximate surface area is 153 Å². The molecule has 0 radical (unpaired) electrons. The minimum absolute atomic E-state index is 0.688. The Bertz CT molecular complexity index is 1110. The zero-order valence-corrected chi connectivity index (χ0v) is 14.3. The Morgan fingerprint density at radius 2 is 1.15 bits per heavy atom. The molecule has 0 N–H and O–H groups in total. The molecular formula is C25H17N. The molecule has 4 rings (SSSR count). The normalized spacial score (nSPS) is 11.7. The minimum Gasteiger partial charge on any atom is -0.192 e. The maximum Gasteiger partial charge on any atom is 0.100 e. The fraction of sp³-hybridized carbons (Fsp3) is 0. The van der Waals surface area contributed by atoms with Gasteiger partial charge in [0.05, 0.1) is 5.57 Å². The van der Waals surface area contributed by atoms with Crippen LogP contribution in [0.5, 0.6) is 0 Å². The van der Waals surface area contributed by atoms with Crippen molar-refractivity contribution < 1.29 is 0 Å². The predicted octanol–water partition coefficient (Wildman–Crippen LogP) is 6.32. The van der Waals surface area contributed by atoms with Crippen molar-refractivity contribution >= 4 is 21.9 Å². The van der Waals surface area contributed by atoms with Crippen molar-refractivity contribution in [3.05, 3.63) is 120 Å². The topological polar surface area (TPSA) is 23.8 Å². The van der Waals surface area contributed by atoms with E-state index >= 15 is 0 Å². The lowest BCUT2D eigenvalue weighted by Gasteiger charge is -2.15. The van der Waals surface area contributed by atoms with Crippen molar-refractivity contribution in [3.63, 3.8) is 0 Å². The third-order valence-electron chi connectivity index (χ3n) is 4.55. The molecule has 122 valence electrons. The first-order chi connectivity index (χ1) is 12.9. The molecule has 4 aromatic carbocycles. The summed E-state index contributed by atoms with van der Waals surface area (Å²) in [4.78, 5) is 0. The predicted molar refractivity (Wildman–Crippen MR) is 108 cm³/mol. The van der Waals surface area contributed by atoms with Crippen LogP contribution >= 0.6 is 0 Å². The summed E-state index contributed by atoms with van der Waals surface area (Å²) in [7, 11) is 0. The summed E-state index contributed by atoms with van der Waals surface area (Å²) in [6, 6.07) is 37.1. The molecule has 0 aliphatic heterocycles. The second-order valence-electron chi connectivity index (χ2n) is 6.12. The second kappa shape index (κ2) is 7.09. The van der Waals surface area contributed by atoms with E-state index in [9.17, 15) is 5.26 Å². The Kier molecular flexibility index (Phi) is 4.33. The van der Waals surface area contributed by atoms with Crippen molar-refractivity contribution in [3.8, 4) is 6.07 Å². The van der Waals surface area contributed by atoms with Gasteiger partial charge in [-0.2, -0.15) is 5.26 Å². The lowest BCUT2D eigenvalue weighted by Crippen LogP contribution is -1.95. The van der Waals surface area contributed by atoms with Crippen molar-refractivity contribution in [2.45, 2.75) is 0 Å². The largest absolute Gasteiger partial charge is 0.192 e. The first-order valence-corrected chi connectivity index (χ1v) is 8.62. The molecular weight excluding hydrogens is 314 g/mol. The van der Waals surface area contributed by atoms with Gasteiger partial charge in [0.25, 0.3) is 0 Å². The third-order valence-corrected chi connectivity index (χ3v) is 4.55. The summed E-state index contributed by atoms with van der Waals surface area (Å²) in [5.74, 6) is 0. The smallest absolute Gasteiger partial charge is 0.100 e. The molecule has 0 spiro atoms. The van der Waals surface area contributed by atoms with E-state index < -0.39 is 0 Å². The van der Waals surface area contributed by atoms with Crippen LogP contribution in [0.25, 0.3) is 21.9 Å². The molecule has 0 amide bonds. The van der Waals surface area contributed by atoms with Crippen LogP contribution in [0.1, 0.15) is 16.7 Å². The molecule has 4 aromatic rings. The highest BCUT2D eigenvalue weighted by molar-refractivity contribution is 6.09. The van der Waals surface area contributed by atoms with Crippen LogP contribution in [-0.2, 0) is 0 Å². The van der Waals surface area contributed by atoms with Crippen LogP contribution in [0.15, 0.2) is 103 Å². The average Bonchev–Trinajstić information content (AvgIpc) is 2.73. The van der Waals surface area contributed by atoms with E-state index in [2.05, 4.69) is 48.5 Å². The highest BCUT2D eigenvalue weighted by Gasteiger charge is 2.15. The molecule has 0 unspecified atom stereocenters. The second-order valence-corrected chi connectivity index (χ2v) is 6.12. The standard InChI is InChI=1S/C25H17N/c26-18-24(20-10-3-1-4-11-20)25(21-13-5-2-6-14-21)23-17-9-15-19-12-7-8-16-22(19)23/h1-17H/b25-24+. The van der Waals surface area contributed by atoms with E-state index in [0.29, 0.717) is 5.57 Å². The van der Waals surface area contributed by atoms with Gasteiger partial charge in [-0.05, 0) is 27.5 Å². The van der Waals surface area contributed by atoms with E-state index in [1.54, 1.807) is 0 Å². The number of rotatable bonds is 3. The summed E-state index contributed by atoms with van der Waals surface area (Å²) < 4.78 is 0. The summed E-state index contributed by atoms with van der Waals surface area (Å²) in [6.45, 7) is 0. The van der Waals surface area contributed by atoms with Crippen LogP contribution in [0.4, 0.5) is 0 Å². The van der Waals surface area contributed by atoms with E-state index in [1.165, 1.54) is 5.39 Å². The first kappa shape index (κ1) is 15.9. The molecule has 0 atom stereocenters. The van der Waals surface area contributed by atoms with Gasteiger partial charge < -0.3 is 0 Å². The van der Waals surface area contributed by atoms with Crippen molar-refractivity contribution in [2.75, 3.05) is 0 Å². The van der Waals surface area contributed by atoms with E-state index in [4.69, 9.17) is 0 Å². The maximum absolute atomic E-state index is 10.0. The Morgan fingerprint density at radius 3 is 1.85 bits per heavy atom. The van der Waals surface area contributed by atoms with Crippen molar-refractivity contribution in [1.82, 2.24) is 0 Å². The molecule has 0 fully saturated rings. The fourth-order valence-corrected chi connectivity index (χ4v) is 3.35. The molecule has 0 aromatic heterocycles.